The molecule has 0 aliphatic heterocycles. The summed E-state index contributed by atoms with van der Waals surface area (Å²) in [6.07, 6.45) is 0. The third-order valence-electron chi connectivity index (χ3n) is 3.24. The van der Waals surface area contributed by atoms with Gasteiger partial charge in [0.1, 0.15) is 0 Å². The third-order valence-corrected chi connectivity index (χ3v) is 4.13. The molecule has 0 aliphatic carbocycles. The molecule has 22 heavy (non-hydrogen) atoms. The molecule has 1 N–H and O–H groups in total. The van der Waals surface area contributed by atoms with Crippen LogP contribution in [0, 0.1) is 13.7 Å². The first-order chi connectivity index (χ1) is 10.4. The number of non-ortho nitro benzene ring substituents is 1. The summed E-state index contributed by atoms with van der Waals surface area (Å²) < 4.78 is 0.548. The molecule has 1 amide bonds. The number of hydrogen-bond acceptors (Lipinski definition) is 3. The minimum atomic E-state index is -0.474. The highest BCUT2D eigenvalue weighted by atomic mass is 127. The van der Waals surface area contributed by atoms with Crippen molar-refractivity contribution in [1.82, 2.24) is 0 Å². The number of carbonyl (C=O) groups is 1. The Hall–Kier alpha value is -1.96. The van der Waals surface area contributed by atoms with Crippen LogP contribution in [0.25, 0.3) is 0 Å². The molecule has 2 aromatic carbocycles. The summed E-state index contributed by atoms with van der Waals surface area (Å²) in [4.78, 5) is 22.7. The van der Waals surface area contributed by atoms with Crippen molar-refractivity contribution in [2.75, 3.05) is 5.32 Å². The van der Waals surface area contributed by atoms with E-state index in [1.54, 1.807) is 0 Å². The van der Waals surface area contributed by atoms with Crippen molar-refractivity contribution in [3.8, 4) is 0 Å². The molecule has 0 fully saturated rings. The molecule has 6 heteroatoms. The zero-order chi connectivity index (χ0) is 16.3. The van der Waals surface area contributed by atoms with Crippen LogP contribution in [0.15, 0.2) is 42.5 Å². The zero-order valence-electron chi connectivity index (χ0n) is 12.2. The predicted molar refractivity (Wildman–Crippen MR) is 94.3 cm³/mol. The van der Waals surface area contributed by atoms with E-state index in [0.29, 0.717) is 9.13 Å². The van der Waals surface area contributed by atoms with E-state index >= 15 is 0 Å². The first-order valence-electron chi connectivity index (χ1n) is 6.74. The highest BCUT2D eigenvalue weighted by Crippen LogP contribution is 2.25. The predicted octanol–water partition coefficient (Wildman–Crippen LogP) is 4.58. The standard InChI is InChI=1S/C16H15IN2O3/c1-10(2)12-5-3-4-6-15(12)18-16(20)13-8-7-11(19(21)22)9-14(13)17/h3-10H,1-2H3,(H,18,20). The maximum Gasteiger partial charge on any atom is 0.270 e. The molecule has 0 saturated carbocycles. The van der Waals surface area contributed by atoms with Crippen LogP contribution in [0.2, 0.25) is 0 Å². The Morgan fingerprint density at radius 3 is 2.50 bits per heavy atom. The molecule has 0 heterocycles. The van der Waals surface area contributed by atoms with Gasteiger partial charge in [-0.1, -0.05) is 32.0 Å². The lowest BCUT2D eigenvalue weighted by molar-refractivity contribution is -0.384. The summed E-state index contributed by atoms with van der Waals surface area (Å²) in [5.41, 5.74) is 2.21. The van der Waals surface area contributed by atoms with Gasteiger partial charge in [-0.25, -0.2) is 0 Å². The third kappa shape index (κ3) is 3.62. The zero-order valence-corrected chi connectivity index (χ0v) is 14.3. The average molecular weight is 410 g/mol. The molecular formula is C16H15IN2O3. The first kappa shape index (κ1) is 16.4. The number of amides is 1. The lowest BCUT2D eigenvalue weighted by Gasteiger charge is -2.14. The SMILES string of the molecule is CC(C)c1ccccc1NC(=O)c1ccc([N+](=O)[O-])cc1I. The van der Waals surface area contributed by atoms with Crippen LogP contribution in [0.3, 0.4) is 0 Å². The first-order valence-corrected chi connectivity index (χ1v) is 7.82. The van der Waals surface area contributed by atoms with Crippen LogP contribution in [-0.2, 0) is 0 Å². The summed E-state index contributed by atoms with van der Waals surface area (Å²) >= 11 is 1.93. The van der Waals surface area contributed by atoms with E-state index in [1.165, 1.54) is 18.2 Å². The van der Waals surface area contributed by atoms with Crippen LogP contribution in [0.5, 0.6) is 0 Å². The summed E-state index contributed by atoms with van der Waals surface area (Å²) in [5, 5.41) is 13.6. The molecular weight excluding hydrogens is 395 g/mol. The number of nitro groups is 1. The van der Waals surface area contributed by atoms with Gasteiger partial charge in [-0.05, 0) is 46.2 Å². The van der Waals surface area contributed by atoms with E-state index in [2.05, 4.69) is 19.2 Å². The fourth-order valence-corrected chi connectivity index (χ4v) is 2.85. The van der Waals surface area contributed by atoms with Gasteiger partial charge < -0.3 is 5.32 Å². The average Bonchev–Trinajstić information content (AvgIpc) is 2.47. The second-order valence-corrected chi connectivity index (χ2v) is 6.28. The molecule has 0 radical (unpaired) electrons. The lowest BCUT2D eigenvalue weighted by Crippen LogP contribution is -2.15. The molecule has 0 spiro atoms. The van der Waals surface area contributed by atoms with Crippen molar-refractivity contribution in [2.45, 2.75) is 19.8 Å². The molecule has 0 aliphatic rings. The summed E-state index contributed by atoms with van der Waals surface area (Å²) in [6, 6.07) is 11.8. The van der Waals surface area contributed by atoms with Crippen LogP contribution in [0.4, 0.5) is 11.4 Å². The monoisotopic (exact) mass is 410 g/mol. The molecule has 0 unspecified atom stereocenters. The highest BCUT2D eigenvalue weighted by molar-refractivity contribution is 14.1. The minimum absolute atomic E-state index is 0.0245. The van der Waals surface area contributed by atoms with E-state index in [9.17, 15) is 14.9 Å². The maximum absolute atomic E-state index is 12.4. The molecule has 0 aromatic heterocycles. The number of halogens is 1. The van der Waals surface area contributed by atoms with Crippen molar-refractivity contribution in [3.05, 3.63) is 67.3 Å². The Morgan fingerprint density at radius 2 is 1.91 bits per heavy atom. The second-order valence-electron chi connectivity index (χ2n) is 5.12. The Labute approximate surface area is 142 Å². The van der Waals surface area contributed by atoms with Gasteiger partial charge in [0.15, 0.2) is 0 Å². The number of hydrogen-bond donors (Lipinski definition) is 1. The van der Waals surface area contributed by atoms with Gasteiger partial charge in [0.05, 0.1) is 10.5 Å². The van der Waals surface area contributed by atoms with E-state index in [-0.39, 0.29) is 17.5 Å². The normalized spacial score (nSPS) is 10.5. The number of carbonyl (C=O) groups excluding carboxylic acids is 1. The van der Waals surface area contributed by atoms with E-state index in [0.717, 1.165) is 11.3 Å². The highest BCUT2D eigenvalue weighted by Gasteiger charge is 2.16. The Balaban J connectivity index is 2.29. The van der Waals surface area contributed by atoms with Gasteiger partial charge >= 0.3 is 0 Å². The summed E-state index contributed by atoms with van der Waals surface area (Å²) in [5.74, 6) is 0.0137. The van der Waals surface area contributed by atoms with Crippen molar-refractivity contribution in [2.24, 2.45) is 0 Å². The van der Waals surface area contributed by atoms with Gasteiger partial charge in [0.2, 0.25) is 0 Å². The number of nitrogens with zero attached hydrogens (tertiary/aromatic N) is 1. The lowest BCUT2D eigenvalue weighted by atomic mass is 10.0. The summed E-state index contributed by atoms with van der Waals surface area (Å²) in [7, 11) is 0. The van der Waals surface area contributed by atoms with Crippen molar-refractivity contribution >= 4 is 39.9 Å². The molecule has 2 aromatic rings. The van der Waals surface area contributed by atoms with Gasteiger partial charge in [0, 0.05) is 21.4 Å². The maximum atomic E-state index is 12.4. The van der Waals surface area contributed by atoms with Crippen molar-refractivity contribution < 1.29 is 9.72 Å². The van der Waals surface area contributed by atoms with Crippen LogP contribution in [-0.4, -0.2) is 10.8 Å². The number of rotatable bonds is 4. The molecule has 0 atom stereocenters. The van der Waals surface area contributed by atoms with Gasteiger partial charge in [-0.15, -0.1) is 0 Å². The van der Waals surface area contributed by atoms with E-state index < -0.39 is 4.92 Å². The van der Waals surface area contributed by atoms with Crippen LogP contribution in [0.1, 0.15) is 35.7 Å². The molecule has 0 bridgehead atoms. The fraction of sp³-hybridized carbons (Fsp3) is 0.188. The minimum Gasteiger partial charge on any atom is -0.322 e. The fourth-order valence-electron chi connectivity index (χ4n) is 2.11. The number of nitro benzene ring substituents is 1. The molecule has 2 rings (SSSR count). The number of nitrogens with one attached hydrogen (secondary N) is 1. The number of benzene rings is 2. The Kier molecular flexibility index (Phi) is 5.12. The molecule has 5 nitrogen and oxygen atoms in total. The van der Waals surface area contributed by atoms with E-state index in [1.807, 2.05) is 46.9 Å². The largest absolute Gasteiger partial charge is 0.322 e. The smallest absolute Gasteiger partial charge is 0.270 e. The van der Waals surface area contributed by atoms with Crippen LogP contribution >= 0.6 is 22.6 Å². The molecule has 114 valence electrons. The van der Waals surface area contributed by atoms with Gasteiger partial charge in [-0.2, -0.15) is 0 Å². The Bertz CT molecular complexity index is 729. The quantitative estimate of drug-likeness (QED) is 0.456. The molecule has 0 saturated heterocycles. The number of anilines is 1. The van der Waals surface area contributed by atoms with Gasteiger partial charge in [0.25, 0.3) is 11.6 Å². The summed E-state index contributed by atoms with van der Waals surface area (Å²) in [6.45, 7) is 4.11. The van der Waals surface area contributed by atoms with Gasteiger partial charge in [-0.3, -0.25) is 14.9 Å². The van der Waals surface area contributed by atoms with Crippen molar-refractivity contribution in [1.29, 1.82) is 0 Å². The second kappa shape index (κ2) is 6.87. The van der Waals surface area contributed by atoms with E-state index in [4.69, 9.17) is 0 Å². The van der Waals surface area contributed by atoms with Crippen molar-refractivity contribution in [3.63, 3.8) is 0 Å². The number of para-hydroxylation sites is 1. The van der Waals surface area contributed by atoms with Crippen LogP contribution < -0.4 is 5.32 Å². The topological polar surface area (TPSA) is 72.2 Å². The Morgan fingerprint density at radius 1 is 1.23 bits per heavy atom.